The fourth-order valence-electron chi connectivity index (χ4n) is 1.73. The minimum atomic E-state index is -0.971. The van der Waals surface area contributed by atoms with Crippen LogP contribution in [0.5, 0.6) is 5.75 Å². The van der Waals surface area contributed by atoms with Crippen LogP contribution in [-0.2, 0) is 0 Å². The number of halogens is 1. The minimum absolute atomic E-state index is 0.145. The lowest BCUT2D eigenvalue weighted by Crippen LogP contribution is -2.07. The number of hydrogen-bond donors (Lipinski definition) is 1. The Hall–Kier alpha value is -2.02. The Morgan fingerprint density at radius 1 is 1.47 bits per heavy atom. The van der Waals surface area contributed by atoms with Crippen LogP contribution in [0.15, 0.2) is 17.8 Å². The molecule has 0 aliphatic rings. The molecule has 0 bridgehead atoms. The lowest BCUT2D eigenvalue weighted by Gasteiger charge is -2.13. The van der Waals surface area contributed by atoms with Crippen molar-refractivity contribution >= 4 is 28.3 Å². The van der Waals surface area contributed by atoms with Crippen LogP contribution in [0.3, 0.4) is 0 Å². The number of nitro groups is 1. The second-order valence-corrected chi connectivity index (χ2v) is 4.49. The third-order valence-electron chi connectivity index (χ3n) is 2.48. The highest BCUT2D eigenvalue weighted by Gasteiger charge is 2.22. The number of nitro benzene ring substituents is 1. The molecule has 0 atom stereocenters. The summed E-state index contributed by atoms with van der Waals surface area (Å²) >= 11 is 5.07. The molecule has 5 nitrogen and oxygen atoms in total. The number of rotatable bonds is 4. The van der Waals surface area contributed by atoms with Crippen LogP contribution in [0.2, 0.25) is 0 Å². The predicted molar refractivity (Wildman–Crippen MR) is 74.7 cm³/mol. The highest BCUT2D eigenvalue weighted by atomic mass is 32.1. The van der Waals surface area contributed by atoms with Gasteiger partial charge in [0, 0.05) is 33.8 Å². The van der Waals surface area contributed by atoms with Gasteiger partial charge in [-0.05, 0) is 13.8 Å². The molecule has 0 heterocycles. The Labute approximate surface area is 115 Å². The van der Waals surface area contributed by atoms with E-state index in [1.165, 1.54) is 7.11 Å². The van der Waals surface area contributed by atoms with Crippen LogP contribution >= 0.6 is 12.2 Å². The van der Waals surface area contributed by atoms with Crippen molar-refractivity contribution in [1.82, 2.24) is 0 Å². The van der Waals surface area contributed by atoms with Gasteiger partial charge in [0.15, 0.2) is 0 Å². The molecule has 102 valence electrons. The third kappa shape index (κ3) is 3.05. The Balaban J connectivity index is 3.66. The van der Waals surface area contributed by atoms with Crippen LogP contribution in [0.4, 0.5) is 10.1 Å². The van der Waals surface area contributed by atoms with Gasteiger partial charge in [0.05, 0.1) is 12.0 Å². The van der Waals surface area contributed by atoms with E-state index in [0.717, 1.165) is 12.1 Å². The number of benzene rings is 1. The summed E-state index contributed by atoms with van der Waals surface area (Å²) < 4.78 is 18.6. The van der Waals surface area contributed by atoms with Crippen LogP contribution in [0.25, 0.3) is 5.57 Å². The minimum Gasteiger partial charge on any atom is -0.496 e. The molecule has 1 aromatic rings. The lowest BCUT2D eigenvalue weighted by atomic mass is 9.99. The molecule has 0 radical (unpaired) electrons. The van der Waals surface area contributed by atoms with Gasteiger partial charge in [-0.3, -0.25) is 10.1 Å². The number of ether oxygens (including phenoxy) is 1. The van der Waals surface area contributed by atoms with Crippen molar-refractivity contribution in [3.8, 4) is 5.75 Å². The van der Waals surface area contributed by atoms with Gasteiger partial charge in [0.25, 0.3) is 0 Å². The molecule has 0 saturated carbocycles. The van der Waals surface area contributed by atoms with E-state index in [9.17, 15) is 14.5 Å². The molecule has 0 aromatic heterocycles. The van der Waals surface area contributed by atoms with E-state index in [2.05, 4.69) is 0 Å². The summed E-state index contributed by atoms with van der Waals surface area (Å²) in [6.07, 6.45) is 0. The molecule has 1 rings (SSSR count). The van der Waals surface area contributed by atoms with Gasteiger partial charge in [0.1, 0.15) is 5.75 Å². The van der Waals surface area contributed by atoms with E-state index in [-0.39, 0.29) is 5.75 Å². The summed E-state index contributed by atoms with van der Waals surface area (Å²) in [6.45, 7) is 3.25. The van der Waals surface area contributed by atoms with Gasteiger partial charge in [-0.15, -0.1) is 0 Å². The zero-order valence-electron chi connectivity index (χ0n) is 10.7. The first-order chi connectivity index (χ1) is 8.79. The van der Waals surface area contributed by atoms with E-state index in [1.807, 2.05) is 0 Å². The summed E-state index contributed by atoms with van der Waals surface area (Å²) in [4.78, 5) is 10.4. The van der Waals surface area contributed by atoms with Crippen LogP contribution in [-0.4, -0.2) is 16.9 Å². The standard InChI is InChI=1S/C12H13FN2O3S/c1-6(14)12(7(2)19)8-4-10(15(16)17)9(13)5-11(8)18-3/h4-5H,14H2,1-3H3/b12-6+. The van der Waals surface area contributed by atoms with Crippen LogP contribution in [0, 0.1) is 15.9 Å². The maximum Gasteiger partial charge on any atom is 0.305 e. The van der Waals surface area contributed by atoms with Crippen molar-refractivity contribution in [2.24, 2.45) is 5.73 Å². The SMILES string of the molecule is COc1cc(F)c([N+](=O)[O-])cc1/C(C(C)=S)=C(\C)N. The van der Waals surface area contributed by atoms with Gasteiger partial charge in [-0.1, -0.05) is 12.2 Å². The van der Waals surface area contributed by atoms with Gasteiger partial charge in [-0.2, -0.15) is 4.39 Å². The van der Waals surface area contributed by atoms with E-state index in [1.54, 1.807) is 13.8 Å². The van der Waals surface area contributed by atoms with Gasteiger partial charge in [0.2, 0.25) is 5.82 Å². The molecule has 19 heavy (non-hydrogen) atoms. The molecular formula is C12H13FN2O3S. The summed E-state index contributed by atoms with van der Waals surface area (Å²) in [6, 6.07) is 2.03. The van der Waals surface area contributed by atoms with Crippen LogP contribution < -0.4 is 10.5 Å². The first kappa shape index (κ1) is 15.0. The molecule has 0 unspecified atom stereocenters. The zero-order valence-corrected chi connectivity index (χ0v) is 11.5. The topological polar surface area (TPSA) is 78.4 Å². The smallest absolute Gasteiger partial charge is 0.305 e. The second-order valence-electron chi connectivity index (χ2n) is 3.88. The maximum atomic E-state index is 13.5. The fourth-order valence-corrected chi connectivity index (χ4v) is 2.00. The van der Waals surface area contributed by atoms with Gasteiger partial charge < -0.3 is 10.5 Å². The largest absolute Gasteiger partial charge is 0.496 e. The highest BCUT2D eigenvalue weighted by molar-refractivity contribution is 7.81. The Morgan fingerprint density at radius 3 is 2.42 bits per heavy atom. The van der Waals surface area contributed by atoms with E-state index >= 15 is 0 Å². The molecule has 0 aliphatic carbocycles. The summed E-state index contributed by atoms with van der Waals surface area (Å²) in [7, 11) is 1.34. The number of nitrogens with zero attached hydrogens (tertiary/aromatic N) is 1. The van der Waals surface area contributed by atoms with Crippen molar-refractivity contribution in [3.63, 3.8) is 0 Å². The zero-order chi connectivity index (χ0) is 14.7. The van der Waals surface area contributed by atoms with Crippen molar-refractivity contribution < 1.29 is 14.1 Å². The number of thiocarbonyl (C=S) groups is 1. The maximum absolute atomic E-state index is 13.5. The average molecular weight is 284 g/mol. The molecule has 0 amide bonds. The van der Waals surface area contributed by atoms with E-state index in [4.69, 9.17) is 22.7 Å². The van der Waals surface area contributed by atoms with Gasteiger partial charge in [-0.25, -0.2) is 0 Å². The number of allylic oxidation sites excluding steroid dienone is 2. The molecule has 0 saturated heterocycles. The first-order valence-electron chi connectivity index (χ1n) is 5.29. The van der Waals surface area contributed by atoms with E-state index < -0.39 is 16.4 Å². The lowest BCUT2D eigenvalue weighted by molar-refractivity contribution is -0.387. The number of nitrogens with two attached hydrogens (primary N) is 1. The molecule has 0 spiro atoms. The van der Waals surface area contributed by atoms with Crippen molar-refractivity contribution in [3.05, 3.63) is 39.3 Å². The first-order valence-corrected chi connectivity index (χ1v) is 5.70. The Morgan fingerprint density at radius 2 is 2.05 bits per heavy atom. The fraction of sp³-hybridized carbons (Fsp3) is 0.250. The van der Waals surface area contributed by atoms with Crippen molar-refractivity contribution in [2.75, 3.05) is 7.11 Å². The van der Waals surface area contributed by atoms with E-state index in [0.29, 0.717) is 21.7 Å². The Kier molecular flexibility index (Phi) is 4.55. The predicted octanol–water partition coefficient (Wildman–Crippen LogP) is 2.82. The average Bonchev–Trinajstić information content (AvgIpc) is 2.29. The summed E-state index contributed by atoms with van der Waals surface area (Å²) in [5.41, 5.74) is 6.21. The molecule has 1 aromatic carbocycles. The quantitative estimate of drug-likeness (QED) is 0.398. The van der Waals surface area contributed by atoms with Gasteiger partial charge >= 0.3 is 5.69 Å². The van der Waals surface area contributed by atoms with Crippen molar-refractivity contribution in [2.45, 2.75) is 13.8 Å². The number of methoxy groups -OCH3 is 1. The molecule has 0 aliphatic heterocycles. The molecular weight excluding hydrogens is 271 g/mol. The summed E-state index contributed by atoms with van der Waals surface area (Å²) in [5.74, 6) is -0.825. The molecule has 2 N–H and O–H groups in total. The van der Waals surface area contributed by atoms with Crippen LogP contribution in [0.1, 0.15) is 19.4 Å². The monoisotopic (exact) mass is 284 g/mol. The molecule has 7 heteroatoms. The van der Waals surface area contributed by atoms with Crippen molar-refractivity contribution in [1.29, 1.82) is 0 Å². The third-order valence-corrected chi connectivity index (χ3v) is 2.69. The number of hydrogen-bond acceptors (Lipinski definition) is 5. The molecule has 0 fully saturated rings. The normalized spacial score (nSPS) is 11.8. The second kappa shape index (κ2) is 5.75. The Bertz CT molecular complexity index is 581. The highest BCUT2D eigenvalue weighted by Crippen LogP contribution is 2.33. The summed E-state index contributed by atoms with van der Waals surface area (Å²) in [5, 5.41) is 10.8.